The first kappa shape index (κ1) is 11.6. The molecule has 1 aliphatic rings. The third-order valence-electron chi connectivity index (χ3n) is 3.29. The van der Waals surface area contributed by atoms with Crippen LogP contribution in [0.4, 0.5) is 4.39 Å². The van der Waals surface area contributed by atoms with Crippen LogP contribution in [0.2, 0.25) is 0 Å². The highest BCUT2D eigenvalue weighted by Gasteiger charge is 2.46. The summed E-state index contributed by atoms with van der Waals surface area (Å²) in [5, 5.41) is 0. The molecule has 0 spiro atoms. The summed E-state index contributed by atoms with van der Waals surface area (Å²) in [5.41, 5.74) is 1.12. The maximum atomic E-state index is 12.9. The standard InChI is InChI=1S/C13H10BrFN2O/c14-12-11(9-1-3-10(15)4-2-9)16-8-17(12)13(7-18)5-6-13/h1-4,7-8H,5-6H2. The van der Waals surface area contributed by atoms with E-state index in [1.165, 1.54) is 12.1 Å². The topological polar surface area (TPSA) is 34.9 Å². The highest BCUT2D eigenvalue weighted by molar-refractivity contribution is 9.10. The van der Waals surface area contributed by atoms with E-state index in [1.54, 1.807) is 18.5 Å². The molecule has 1 saturated carbocycles. The average Bonchev–Trinajstić information content (AvgIpc) is 3.08. The summed E-state index contributed by atoms with van der Waals surface area (Å²) in [6.07, 6.45) is 4.31. The van der Waals surface area contributed by atoms with Gasteiger partial charge in [0, 0.05) is 5.56 Å². The lowest BCUT2D eigenvalue weighted by atomic mass is 10.2. The molecule has 1 aromatic heterocycles. The molecule has 0 bridgehead atoms. The predicted octanol–water partition coefficient (Wildman–Crippen LogP) is 3.14. The quantitative estimate of drug-likeness (QED) is 0.817. The van der Waals surface area contributed by atoms with Crippen molar-refractivity contribution in [3.8, 4) is 11.3 Å². The van der Waals surface area contributed by atoms with Gasteiger partial charge in [-0.2, -0.15) is 0 Å². The maximum Gasteiger partial charge on any atom is 0.145 e. The smallest absolute Gasteiger partial charge is 0.145 e. The van der Waals surface area contributed by atoms with Crippen LogP contribution in [0.1, 0.15) is 12.8 Å². The Hall–Kier alpha value is -1.49. The van der Waals surface area contributed by atoms with Gasteiger partial charge in [-0.05, 0) is 53.0 Å². The van der Waals surface area contributed by atoms with E-state index in [1.807, 2.05) is 4.57 Å². The lowest BCUT2D eigenvalue weighted by molar-refractivity contribution is -0.111. The number of carbonyl (C=O) groups excluding carboxylic acids is 1. The Labute approximate surface area is 112 Å². The highest BCUT2D eigenvalue weighted by Crippen LogP contribution is 2.44. The lowest BCUT2D eigenvalue weighted by Crippen LogP contribution is -2.17. The molecule has 1 aliphatic carbocycles. The molecule has 2 aromatic rings. The first-order valence-corrected chi connectivity index (χ1v) is 6.41. The zero-order valence-corrected chi connectivity index (χ0v) is 11.0. The molecule has 18 heavy (non-hydrogen) atoms. The number of imidazole rings is 1. The van der Waals surface area contributed by atoms with Crippen LogP contribution in [-0.4, -0.2) is 15.8 Å². The number of carbonyl (C=O) groups is 1. The minimum atomic E-state index is -0.426. The molecule has 1 aromatic carbocycles. The van der Waals surface area contributed by atoms with E-state index in [9.17, 15) is 9.18 Å². The Balaban J connectivity index is 2.04. The summed E-state index contributed by atoms with van der Waals surface area (Å²) in [4.78, 5) is 15.4. The Kier molecular flexibility index (Phi) is 2.59. The van der Waals surface area contributed by atoms with E-state index in [2.05, 4.69) is 20.9 Å². The minimum absolute atomic E-state index is 0.277. The van der Waals surface area contributed by atoms with Crippen LogP contribution in [0, 0.1) is 5.82 Å². The van der Waals surface area contributed by atoms with Crippen LogP contribution in [-0.2, 0) is 10.3 Å². The second-order valence-electron chi connectivity index (χ2n) is 4.48. The van der Waals surface area contributed by atoms with Gasteiger partial charge < -0.3 is 9.36 Å². The van der Waals surface area contributed by atoms with Crippen LogP contribution in [0.15, 0.2) is 35.2 Å². The average molecular weight is 309 g/mol. The molecule has 5 heteroatoms. The molecule has 1 fully saturated rings. The number of benzene rings is 1. The van der Waals surface area contributed by atoms with Crippen molar-refractivity contribution in [3.63, 3.8) is 0 Å². The van der Waals surface area contributed by atoms with Crippen LogP contribution in [0.25, 0.3) is 11.3 Å². The second kappa shape index (κ2) is 4.02. The number of aldehydes is 1. The van der Waals surface area contributed by atoms with Crippen LogP contribution < -0.4 is 0 Å². The monoisotopic (exact) mass is 308 g/mol. The highest BCUT2D eigenvalue weighted by atomic mass is 79.9. The number of rotatable bonds is 3. The van der Waals surface area contributed by atoms with Crippen LogP contribution >= 0.6 is 15.9 Å². The molecule has 3 rings (SSSR count). The molecule has 3 nitrogen and oxygen atoms in total. The summed E-state index contributed by atoms with van der Waals surface area (Å²) in [6.45, 7) is 0. The van der Waals surface area contributed by atoms with E-state index in [4.69, 9.17) is 0 Å². The molecule has 0 aliphatic heterocycles. The van der Waals surface area contributed by atoms with Gasteiger partial charge in [0.15, 0.2) is 0 Å². The van der Waals surface area contributed by atoms with Gasteiger partial charge in [0.2, 0.25) is 0 Å². The Bertz CT molecular complexity index is 602. The van der Waals surface area contributed by atoms with Gasteiger partial charge in [0.1, 0.15) is 27.9 Å². The van der Waals surface area contributed by atoms with Gasteiger partial charge in [0.05, 0.1) is 6.33 Å². The zero-order valence-electron chi connectivity index (χ0n) is 9.44. The fraction of sp³-hybridized carbons (Fsp3) is 0.231. The minimum Gasteiger partial charge on any atom is -0.312 e. The van der Waals surface area contributed by atoms with Gasteiger partial charge in [-0.1, -0.05) is 0 Å². The van der Waals surface area contributed by atoms with Crippen molar-refractivity contribution in [3.05, 3.63) is 41.0 Å². The van der Waals surface area contributed by atoms with Gasteiger partial charge in [-0.25, -0.2) is 9.37 Å². The van der Waals surface area contributed by atoms with Crippen molar-refractivity contribution >= 4 is 22.2 Å². The third kappa shape index (κ3) is 1.70. The SMILES string of the molecule is O=CC1(n2cnc(-c3ccc(F)cc3)c2Br)CC1. The first-order valence-electron chi connectivity index (χ1n) is 5.62. The molecular weight excluding hydrogens is 299 g/mol. The molecular formula is C13H10BrFN2O. The normalized spacial score (nSPS) is 16.6. The molecule has 0 amide bonds. The summed E-state index contributed by atoms with van der Waals surface area (Å²) in [7, 11) is 0. The Morgan fingerprint density at radius 2 is 2.00 bits per heavy atom. The number of nitrogens with zero attached hydrogens (tertiary/aromatic N) is 2. The maximum absolute atomic E-state index is 12.9. The van der Waals surface area contributed by atoms with E-state index in [0.717, 1.165) is 35.0 Å². The van der Waals surface area contributed by atoms with Crippen LogP contribution in [0.5, 0.6) is 0 Å². The number of hydrogen-bond donors (Lipinski definition) is 0. The molecule has 1 heterocycles. The second-order valence-corrected chi connectivity index (χ2v) is 5.23. The summed E-state index contributed by atoms with van der Waals surface area (Å²) in [6, 6.07) is 6.14. The molecule has 0 unspecified atom stereocenters. The molecule has 0 N–H and O–H groups in total. The Morgan fingerprint density at radius 1 is 1.33 bits per heavy atom. The molecule has 0 saturated heterocycles. The van der Waals surface area contributed by atoms with Gasteiger partial charge in [-0.15, -0.1) is 0 Å². The number of aromatic nitrogens is 2. The summed E-state index contributed by atoms with van der Waals surface area (Å²) in [5.74, 6) is -0.277. The lowest BCUT2D eigenvalue weighted by Gasteiger charge is -2.10. The number of hydrogen-bond acceptors (Lipinski definition) is 2. The van der Waals surface area contributed by atoms with Crippen molar-refractivity contribution in [2.45, 2.75) is 18.4 Å². The largest absolute Gasteiger partial charge is 0.312 e. The zero-order chi connectivity index (χ0) is 12.8. The van der Waals surface area contributed by atoms with Crippen molar-refractivity contribution < 1.29 is 9.18 Å². The van der Waals surface area contributed by atoms with E-state index in [0.29, 0.717) is 0 Å². The molecule has 92 valence electrons. The number of halogens is 2. The van der Waals surface area contributed by atoms with Gasteiger partial charge >= 0.3 is 0 Å². The molecule has 0 radical (unpaired) electrons. The predicted molar refractivity (Wildman–Crippen MR) is 68.6 cm³/mol. The van der Waals surface area contributed by atoms with Gasteiger partial charge in [-0.3, -0.25) is 0 Å². The van der Waals surface area contributed by atoms with E-state index >= 15 is 0 Å². The van der Waals surface area contributed by atoms with Crippen molar-refractivity contribution in [2.75, 3.05) is 0 Å². The fourth-order valence-corrected chi connectivity index (χ4v) is 2.77. The third-order valence-corrected chi connectivity index (χ3v) is 4.05. The van der Waals surface area contributed by atoms with Gasteiger partial charge in [0.25, 0.3) is 0 Å². The first-order chi connectivity index (χ1) is 8.66. The molecule has 0 atom stereocenters. The summed E-state index contributed by atoms with van der Waals surface area (Å²) >= 11 is 3.47. The van der Waals surface area contributed by atoms with Crippen LogP contribution in [0.3, 0.4) is 0 Å². The van der Waals surface area contributed by atoms with Crippen molar-refractivity contribution in [2.24, 2.45) is 0 Å². The van der Waals surface area contributed by atoms with Crippen molar-refractivity contribution in [1.82, 2.24) is 9.55 Å². The summed E-state index contributed by atoms with van der Waals surface area (Å²) < 4.78 is 15.5. The van der Waals surface area contributed by atoms with E-state index in [-0.39, 0.29) is 5.82 Å². The van der Waals surface area contributed by atoms with Crippen molar-refractivity contribution in [1.29, 1.82) is 0 Å². The Morgan fingerprint density at radius 3 is 2.56 bits per heavy atom. The fourth-order valence-electron chi connectivity index (χ4n) is 1.99. The van der Waals surface area contributed by atoms with E-state index < -0.39 is 5.54 Å².